The molecule has 0 saturated heterocycles. The van der Waals surface area contributed by atoms with Crippen molar-refractivity contribution >= 4 is 38.9 Å². The van der Waals surface area contributed by atoms with Gasteiger partial charge in [-0.15, -0.1) is 0 Å². The molecule has 0 saturated carbocycles. The molecule has 0 bridgehead atoms. The molecule has 2 aromatic rings. The third kappa shape index (κ3) is 3.61. The van der Waals surface area contributed by atoms with Crippen molar-refractivity contribution in [1.29, 1.82) is 0 Å². The summed E-state index contributed by atoms with van der Waals surface area (Å²) in [6.07, 6.45) is 0. The summed E-state index contributed by atoms with van der Waals surface area (Å²) in [5.41, 5.74) is 1.18. The molecule has 0 radical (unpaired) electrons. The molecule has 0 aliphatic carbocycles. The molecule has 0 amide bonds. The summed E-state index contributed by atoms with van der Waals surface area (Å²) in [6, 6.07) is 9.32. The molecule has 1 N–H and O–H groups in total. The number of ether oxygens (including phenoxy) is 1. The fourth-order valence-electron chi connectivity index (χ4n) is 1.76. The van der Waals surface area contributed by atoms with E-state index in [-0.39, 0.29) is 9.92 Å². The van der Waals surface area contributed by atoms with Gasteiger partial charge in [-0.25, -0.2) is 8.42 Å². The molecule has 0 fully saturated rings. The zero-order valence-corrected chi connectivity index (χ0v) is 13.7. The predicted molar refractivity (Wildman–Crippen MR) is 85.0 cm³/mol. The molecule has 0 heterocycles. The lowest BCUT2D eigenvalue weighted by Gasteiger charge is -2.12. The summed E-state index contributed by atoms with van der Waals surface area (Å²) >= 11 is 11.8. The zero-order valence-electron chi connectivity index (χ0n) is 11.4. The van der Waals surface area contributed by atoms with E-state index in [0.717, 1.165) is 5.56 Å². The number of aryl methyl sites for hydroxylation is 1. The fraction of sp³-hybridized carbons (Fsp3) is 0.143. The van der Waals surface area contributed by atoms with Crippen LogP contribution < -0.4 is 9.46 Å². The van der Waals surface area contributed by atoms with E-state index >= 15 is 0 Å². The number of methoxy groups -OCH3 is 1. The first-order valence-electron chi connectivity index (χ1n) is 5.96. The minimum Gasteiger partial charge on any atom is -0.497 e. The Morgan fingerprint density at radius 1 is 1.10 bits per heavy atom. The lowest BCUT2D eigenvalue weighted by Crippen LogP contribution is -2.14. The second kappa shape index (κ2) is 6.13. The topological polar surface area (TPSA) is 55.4 Å². The number of benzene rings is 2. The van der Waals surface area contributed by atoms with E-state index in [4.69, 9.17) is 27.9 Å². The lowest BCUT2D eigenvalue weighted by molar-refractivity contribution is 0.414. The molecule has 0 aliphatic heterocycles. The second-order valence-corrected chi connectivity index (χ2v) is 6.86. The highest BCUT2D eigenvalue weighted by Crippen LogP contribution is 2.28. The van der Waals surface area contributed by atoms with Crippen LogP contribution in [0.25, 0.3) is 0 Å². The molecule has 7 heteroatoms. The van der Waals surface area contributed by atoms with Gasteiger partial charge in [-0.1, -0.05) is 23.2 Å². The highest BCUT2D eigenvalue weighted by atomic mass is 35.5. The number of halogens is 2. The minimum atomic E-state index is -3.82. The summed E-state index contributed by atoms with van der Waals surface area (Å²) in [5, 5.41) is 0.407. The first kappa shape index (κ1) is 15.9. The van der Waals surface area contributed by atoms with E-state index in [1.54, 1.807) is 32.2 Å². The van der Waals surface area contributed by atoms with Gasteiger partial charge in [-0.05, 0) is 48.9 Å². The largest absolute Gasteiger partial charge is 0.497 e. The average molecular weight is 346 g/mol. The van der Waals surface area contributed by atoms with Crippen LogP contribution in [-0.2, 0) is 10.0 Å². The summed E-state index contributed by atoms with van der Waals surface area (Å²) in [4.78, 5) is -0.0631. The number of hydrogen-bond donors (Lipinski definition) is 1. The molecule has 21 heavy (non-hydrogen) atoms. The average Bonchev–Trinajstić information content (AvgIpc) is 2.43. The highest BCUT2D eigenvalue weighted by molar-refractivity contribution is 7.92. The van der Waals surface area contributed by atoms with Gasteiger partial charge < -0.3 is 4.74 Å². The lowest BCUT2D eigenvalue weighted by atomic mass is 10.2. The van der Waals surface area contributed by atoms with Gasteiger partial charge >= 0.3 is 0 Å². The number of anilines is 1. The number of hydrogen-bond acceptors (Lipinski definition) is 3. The summed E-state index contributed by atoms with van der Waals surface area (Å²) in [6.45, 7) is 1.78. The van der Waals surface area contributed by atoms with E-state index < -0.39 is 10.0 Å². The van der Waals surface area contributed by atoms with Crippen LogP contribution in [0.3, 0.4) is 0 Å². The van der Waals surface area contributed by atoms with Crippen molar-refractivity contribution in [3.8, 4) is 5.75 Å². The Morgan fingerprint density at radius 3 is 2.43 bits per heavy atom. The molecular formula is C14H13Cl2NO3S. The van der Waals surface area contributed by atoms with Crippen molar-refractivity contribution in [2.45, 2.75) is 11.8 Å². The van der Waals surface area contributed by atoms with Crippen molar-refractivity contribution in [3.05, 3.63) is 52.0 Å². The van der Waals surface area contributed by atoms with Crippen LogP contribution in [0, 0.1) is 6.92 Å². The van der Waals surface area contributed by atoms with Gasteiger partial charge in [-0.2, -0.15) is 0 Å². The number of nitrogens with one attached hydrogen (secondary N) is 1. The summed E-state index contributed by atoms with van der Waals surface area (Å²) < 4.78 is 32.4. The van der Waals surface area contributed by atoms with Crippen molar-refractivity contribution in [2.24, 2.45) is 0 Å². The first-order valence-corrected chi connectivity index (χ1v) is 8.20. The van der Waals surface area contributed by atoms with Crippen LogP contribution in [0.2, 0.25) is 10.0 Å². The fourth-order valence-corrected chi connectivity index (χ4v) is 3.65. The molecule has 0 unspecified atom stereocenters. The van der Waals surface area contributed by atoms with Crippen LogP contribution >= 0.6 is 23.2 Å². The van der Waals surface area contributed by atoms with Gasteiger partial charge in [0.05, 0.1) is 17.8 Å². The normalized spacial score (nSPS) is 11.2. The van der Waals surface area contributed by atoms with Crippen LogP contribution in [0.1, 0.15) is 5.56 Å². The van der Waals surface area contributed by atoms with E-state index in [1.165, 1.54) is 18.2 Å². The predicted octanol–water partition coefficient (Wildman–Crippen LogP) is 4.11. The summed E-state index contributed by atoms with van der Waals surface area (Å²) in [7, 11) is -2.27. The van der Waals surface area contributed by atoms with Crippen LogP contribution in [0.4, 0.5) is 5.69 Å². The summed E-state index contributed by atoms with van der Waals surface area (Å²) in [5.74, 6) is 0.649. The van der Waals surface area contributed by atoms with Gasteiger partial charge in [0.15, 0.2) is 0 Å². The maximum Gasteiger partial charge on any atom is 0.263 e. The van der Waals surface area contributed by atoms with Crippen LogP contribution in [0.15, 0.2) is 41.3 Å². The Kier molecular flexibility index (Phi) is 4.66. The molecular weight excluding hydrogens is 333 g/mol. The Morgan fingerprint density at radius 2 is 1.81 bits per heavy atom. The van der Waals surface area contributed by atoms with Crippen molar-refractivity contribution in [2.75, 3.05) is 11.8 Å². The molecule has 0 aliphatic rings. The Bertz CT molecular complexity index is 776. The van der Waals surface area contributed by atoms with Gasteiger partial charge in [-0.3, -0.25) is 4.72 Å². The van der Waals surface area contributed by atoms with Gasteiger partial charge in [0, 0.05) is 5.02 Å². The van der Waals surface area contributed by atoms with Gasteiger partial charge in [0.1, 0.15) is 10.6 Å². The van der Waals surface area contributed by atoms with E-state index in [0.29, 0.717) is 16.5 Å². The minimum absolute atomic E-state index is 0.0631. The van der Waals surface area contributed by atoms with E-state index in [9.17, 15) is 8.42 Å². The molecule has 0 aromatic heterocycles. The molecule has 0 atom stereocenters. The molecule has 2 rings (SSSR count). The molecule has 4 nitrogen and oxygen atoms in total. The number of rotatable bonds is 4. The second-order valence-electron chi connectivity index (χ2n) is 4.36. The third-order valence-electron chi connectivity index (χ3n) is 2.86. The Balaban J connectivity index is 2.40. The SMILES string of the molecule is COc1ccc(NS(=O)(=O)c2cc(Cl)ccc2Cl)c(C)c1. The van der Waals surface area contributed by atoms with Crippen molar-refractivity contribution < 1.29 is 13.2 Å². The Hall–Kier alpha value is -1.43. The maximum atomic E-state index is 12.4. The van der Waals surface area contributed by atoms with Gasteiger partial charge in [0.25, 0.3) is 10.0 Å². The smallest absolute Gasteiger partial charge is 0.263 e. The van der Waals surface area contributed by atoms with Crippen LogP contribution in [-0.4, -0.2) is 15.5 Å². The highest BCUT2D eigenvalue weighted by Gasteiger charge is 2.19. The number of sulfonamides is 1. The first-order chi connectivity index (χ1) is 9.83. The molecule has 2 aromatic carbocycles. The maximum absolute atomic E-state index is 12.4. The van der Waals surface area contributed by atoms with E-state index in [2.05, 4.69) is 4.72 Å². The van der Waals surface area contributed by atoms with E-state index in [1.807, 2.05) is 0 Å². The third-order valence-corrected chi connectivity index (χ3v) is 4.94. The molecule has 0 spiro atoms. The molecule has 112 valence electrons. The monoisotopic (exact) mass is 345 g/mol. The quantitative estimate of drug-likeness (QED) is 0.906. The standard InChI is InChI=1S/C14H13Cl2NO3S/c1-9-7-11(20-2)4-6-13(9)17-21(18,19)14-8-10(15)3-5-12(14)16/h3-8,17H,1-2H3. The zero-order chi connectivity index (χ0) is 15.6. The Labute approximate surface area is 133 Å². The van der Waals surface area contributed by atoms with Crippen molar-refractivity contribution in [1.82, 2.24) is 0 Å². The van der Waals surface area contributed by atoms with Gasteiger partial charge in [0.2, 0.25) is 0 Å². The van der Waals surface area contributed by atoms with Crippen molar-refractivity contribution in [3.63, 3.8) is 0 Å². The van der Waals surface area contributed by atoms with Crippen LogP contribution in [0.5, 0.6) is 5.75 Å².